The predicted molar refractivity (Wildman–Crippen MR) is 127 cm³/mol. The SMILES string of the molecule is CCCCC=CCCCCCCCC(=O)CCCCCCCC=CCCCC. The second kappa shape index (κ2) is 24.2. The molecule has 0 amide bonds. The molecule has 0 aliphatic carbocycles. The lowest BCUT2D eigenvalue weighted by molar-refractivity contribution is -0.119. The van der Waals surface area contributed by atoms with Crippen molar-refractivity contribution in [3.63, 3.8) is 0 Å². The molecule has 0 saturated heterocycles. The van der Waals surface area contributed by atoms with E-state index in [2.05, 4.69) is 38.2 Å². The van der Waals surface area contributed by atoms with Gasteiger partial charge in [-0.25, -0.2) is 0 Å². The van der Waals surface area contributed by atoms with Crippen molar-refractivity contribution in [1.29, 1.82) is 0 Å². The Bertz CT molecular complexity index is 332. The maximum atomic E-state index is 11.9. The van der Waals surface area contributed by atoms with Gasteiger partial charge in [-0.15, -0.1) is 0 Å². The van der Waals surface area contributed by atoms with Crippen LogP contribution in [-0.2, 0) is 4.79 Å². The fourth-order valence-electron chi connectivity index (χ4n) is 3.47. The Kier molecular flexibility index (Phi) is 23.5. The van der Waals surface area contributed by atoms with Gasteiger partial charge < -0.3 is 0 Å². The molecule has 1 nitrogen and oxygen atoms in total. The third-order valence-electron chi connectivity index (χ3n) is 5.43. The molecule has 0 fully saturated rings. The molecule has 28 heavy (non-hydrogen) atoms. The standard InChI is InChI=1S/C27H50O/c1-3-5-7-9-11-13-15-17-19-21-23-25-27(28)26-24-22-20-18-16-14-12-10-8-6-4-2/h9-12H,3-8,13-26H2,1-2H3. The summed E-state index contributed by atoms with van der Waals surface area (Å²) in [4.78, 5) is 11.9. The van der Waals surface area contributed by atoms with Gasteiger partial charge in [0.2, 0.25) is 0 Å². The first-order valence-corrected chi connectivity index (χ1v) is 12.6. The summed E-state index contributed by atoms with van der Waals surface area (Å²) in [7, 11) is 0. The van der Waals surface area contributed by atoms with Gasteiger partial charge in [0.25, 0.3) is 0 Å². The lowest BCUT2D eigenvalue weighted by Crippen LogP contribution is -1.97. The van der Waals surface area contributed by atoms with Crippen LogP contribution in [0.2, 0.25) is 0 Å². The number of hydrogen-bond acceptors (Lipinski definition) is 1. The van der Waals surface area contributed by atoms with E-state index in [1.165, 1.54) is 103 Å². The molecular formula is C27H50O. The molecule has 0 aromatic carbocycles. The van der Waals surface area contributed by atoms with Crippen molar-refractivity contribution < 1.29 is 4.79 Å². The van der Waals surface area contributed by atoms with Gasteiger partial charge >= 0.3 is 0 Å². The summed E-state index contributed by atoms with van der Waals surface area (Å²) in [5.41, 5.74) is 0. The van der Waals surface area contributed by atoms with Crippen LogP contribution < -0.4 is 0 Å². The molecule has 0 aliphatic heterocycles. The zero-order chi connectivity index (χ0) is 20.5. The monoisotopic (exact) mass is 390 g/mol. The minimum Gasteiger partial charge on any atom is -0.300 e. The molecule has 0 atom stereocenters. The van der Waals surface area contributed by atoms with Gasteiger partial charge in [0.15, 0.2) is 0 Å². The molecule has 0 N–H and O–H groups in total. The fourth-order valence-corrected chi connectivity index (χ4v) is 3.47. The van der Waals surface area contributed by atoms with Gasteiger partial charge in [-0.05, 0) is 51.4 Å². The fraction of sp³-hybridized carbons (Fsp3) is 0.815. The maximum Gasteiger partial charge on any atom is 0.132 e. The highest BCUT2D eigenvalue weighted by atomic mass is 16.1. The van der Waals surface area contributed by atoms with Crippen molar-refractivity contribution in [3.05, 3.63) is 24.3 Å². The number of carbonyl (C=O) groups is 1. The summed E-state index contributed by atoms with van der Waals surface area (Å²) in [6.07, 6.45) is 33.7. The smallest absolute Gasteiger partial charge is 0.132 e. The molecule has 0 heterocycles. The number of unbranched alkanes of at least 4 members (excludes halogenated alkanes) is 14. The van der Waals surface area contributed by atoms with E-state index in [1.807, 2.05) is 0 Å². The molecule has 164 valence electrons. The van der Waals surface area contributed by atoms with E-state index in [0.717, 1.165) is 25.7 Å². The molecule has 0 saturated carbocycles. The van der Waals surface area contributed by atoms with Crippen LogP contribution in [0.1, 0.15) is 142 Å². The summed E-state index contributed by atoms with van der Waals surface area (Å²) in [5, 5.41) is 0. The van der Waals surface area contributed by atoms with E-state index >= 15 is 0 Å². The molecule has 0 spiro atoms. The molecule has 0 aromatic heterocycles. The summed E-state index contributed by atoms with van der Waals surface area (Å²) >= 11 is 0. The van der Waals surface area contributed by atoms with Crippen LogP contribution in [-0.4, -0.2) is 5.78 Å². The van der Waals surface area contributed by atoms with Crippen LogP contribution in [0.25, 0.3) is 0 Å². The lowest BCUT2D eigenvalue weighted by atomic mass is 10.0. The van der Waals surface area contributed by atoms with Crippen LogP contribution in [0, 0.1) is 0 Å². The molecule has 0 aliphatic rings. The maximum absolute atomic E-state index is 11.9. The Labute approximate surface area is 177 Å². The van der Waals surface area contributed by atoms with E-state index in [-0.39, 0.29) is 0 Å². The molecule has 0 unspecified atom stereocenters. The van der Waals surface area contributed by atoms with E-state index < -0.39 is 0 Å². The summed E-state index contributed by atoms with van der Waals surface area (Å²) in [6, 6.07) is 0. The van der Waals surface area contributed by atoms with Crippen molar-refractivity contribution in [2.75, 3.05) is 0 Å². The normalized spacial score (nSPS) is 11.8. The van der Waals surface area contributed by atoms with Crippen molar-refractivity contribution in [2.45, 2.75) is 142 Å². The number of ketones is 1. The van der Waals surface area contributed by atoms with Gasteiger partial charge in [0.1, 0.15) is 5.78 Å². The lowest BCUT2D eigenvalue weighted by Gasteiger charge is -2.02. The van der Waals surface area contributed by atoms with Crippen molar-refractivity contribution in [3.8, 4) is 0 Å². The van der Waals surface area contributed by atoms with Crippen LogP contribution in [0.15, 0.2) is 24.3 Å². The summed E-state index contributed by atoms with van der Waals surface area (Å²) in [6.45, 7) is 4.49. The number of Topliss-reactive ketones (excluding diaryl/α,β-unsaturated/α-hetero) is 1. The van der Waals surface area contributed by atoms with Crippen LogP contribution >= 0.6 is 0 Å². The Morgan fingerprint density at radius 3 is 1.18 bits per heavy atom. The van der Waals surface area contributed by atoms with Crippen molar-refractivity contribution in [1.82, 2.24) is 0 Å². The van der Waals surface area contributed by atoms with Crippen molar-refractivity contribution in [2.24, 2.45) is 0 Å². The van der Waals surface area contributed by atoms with E-state index in [4.69, 9.17) is 0 Å². The van der Waals surface area contributed by atoms with Gasteiger partial charge in [-0.3, -0.25) is 4.79 Å². The first-order valence-electron chi connectivity index (χ1n) is 12.6. The minimum absolute atomic E-state index is 0.498. The molecule has 0 aromatic rings. The van der Waals surface area contributed by atoms with Gasteiger partial charge in [-0.1, -0.05) is 102 Å². The first kappa shape index (κ1) is 27.1. The molecule has 0 rings (SSSR count). The summed E-state index contributed by atoms with van der Waals surface area (Å²) in [5.74, 6) is 0.498. The number of rotatable bonds is 22. The second-order valence-corrected chi connectivity index (χ2v) is 8.38. The first-order chi connectivity index (χ1) is 13.8. The number of hydrogen-bond donors (Lipinski definition) is 0. The average Bonchev–Trinajstić information content (AvgIpc) is 2.70. The van der Waals surface area contributed by atoms with Crippen LogP contribution in [0.5, 0.6) is 0 Å². The zero-order valence-electron chi connectivity index (χ0n) is 19.4. The number of allylic oxidation sites excluding steroid dienone is 4. The Morgan fingerprint density at radius 1 is 0.464 bits per heavy atom. The summed E-state index contributed by atoms with van der Waals surface area (Å²) < 4.78 is 0. The Hall–Kier alpha value is -0.850. The quantitative estimate of drug-likeness (QED) is 0.133. The third kappa shape index (κ3) is 23.2. The topological polar surface area (TPSA) is 17.1 Å². The van der Waals surface area contributed by atoms with Crippen molar-refractivity contribution >= 4 is 5.78 Å². The highest BCUT2D eigenvalue weighted by Crippen LogP contribution is 2.12. The predicted octanol–water partition coefficient (Wildman–Crippen LogP) is 9.51. The molecule has 0 bridgehead atoms. The van der Waals surface area contributed by atoms with Gasteiger partial charge in [-0.2, -0.15) is 0 Å². The van der Waals surface area contributed by atoms with E-state index in [9.17, 15) is 4.79 Å². The Morgan fingerprint density at radius 2 is 0.786 bits per heavy atom. The molecule has 0 radical (unpaired) electrons. The third-order valence-corrected chi connectivity index (χ3v) is 5.43. The van der Waals surface area contributed by atoms with Gasteiger partial charge in [0.05, 0.1) is 0 Å². The van der Waals surface area contributed by atoms with Crippen LogP contribution in [0.3, 0.4) is 0 Å². The zero-order valence-corrected chi connectivity index (χ0v) is 19.4. The van der Waals surface area contributed by atoms with E-state index in [1.54, 1.807) is 0 Å². The molecule has 1 heteroatoms. The number of carbonyl (C=O) groups excluding carboxylic acids is 1. The highest BCUT2D eigenvalue weighted by Gasteiger charge is 2.01. The van der Waals surface area contributed by atoms with Crippen LogP contribution in [0.4, 0.5) is 0 Å². The van der Waals surface area contributed by atoms with Gasteiger partial charge in [0, 0.05) is 12.8 Å². The minimum atomic E-state index is 0.498. The largest absolute Gasteiger partial charge is 0.300 e. The second-order valence-electron chi connectivity index (χ2n) is 8.38. The van der Waals surface area contributed by atoms with E-state index in [0.29, 0.717) is 5.78 Å². The highest BCUT2D eigenvalue weighted by molar-refractivity contribution is 5.78. The molecular weight excluding hydrogens is 340 g/mol. The Balaban J connectivity index is 3.23. The average molecular weight is 391 g/mol.